The molecular formula is C12H23N3. The molecule has 1 N–H and O–H groups in total. The number of nitriles is 1. The van der Waals surface area contributed by atoms with Gasteiger partial charge in [-0.1, -0.05) is 6.92 Å². The lowest BCUT2D eigenvalue weighted by Crippen LogP contribution is -2.33. The molecule has 1 saturated carbocycles. The molecule has 1 aliphatic rings. The zero-order chi connectivity index (χ0) is 11.3. The first-order chi connectivity index (χ1) is 7.11. The maximum absolute atomic E-state index is 8.71. The van der Waals surface area contributed by atoms with Gasteiger partial charge in [-0.05, 0) is 39.3 Å². The van der Waals surface area contributed by atoms with E-state index in [-0.39, 0.29) is 5.92 Å². The third-order valence-corrected chi connectivity index (χ3v) is 2.76. The van der Waals surface area contributed by atoms with Gasteiger partial charge in [0.15, 0.2) is 0 Å². The van der Waals surface area contributed by atoms with Gasteiger partial charge in [-0.3, -0.25) is 0 Å². The van der Waals surface area contributed by atoms with Crippen molar-refractivity contribution in [3.05, 3.63) is 0 Å². The van der Waals surface area contributed by atoms with Crippen LogP contribution in [0.25, 0.3) is 0 Å². The minimum absolute atomic E-state index is 0.138. The molecule has 2 unspecified atom stereocenters. The molecule has 0 heterocycles. The Kier molecular flexibility index (Phi) is 5.07. The summed E-state index contributed by atoms with van der Waals surface area (Å²) in [6.07, 6.45) is 2.71. The molecule has 0 aromatic carbocycles. The summed E-state index contributed by atoms with van der Waals surface area (Å²) in [5.74, 6) is 0.806. The molecule has 0 saturated heterocycles. The van der Waals surface area contributed by atoms with Gasteiger partial charge in [0, 0.05) is 19.1 Å². The largest absolute Gasteiger partial charge is 0.314 e. The molecule has 15 heavy (non-hydrogen) atoms. The van der Waals surface area contributed by atoms with Gasteiger partial charge in [0.25, 0.3) is 0 Å². The molecule has 3 heteroatoms. The summed E-state index contributed by atoms with van der Waals surface area (Å²) >= 11 is 0. The molecule has 0 spiro atoms. The first-order valence-electron chi connectivity index (χ1n) is 5.93. The SMILES string of the molecule is CC(C#N)CN(C)CC(C)CNC1CC1. The Balaban J connectivity index is 2.06. The standard InChI is InChI=1S/C12H23N3/c1-10(6-13)8-15(3)9-11(2)7-14-12-4-5-12/h10-12,14H,4-5,7-9H2,1-3H3. The maximum Gasteiger partial charge on any atom is 0.0666 e. The van der Waals surface area contributed by atoms with Crippen LogP contribution in [0.2, 0.25) is 0 Å². The van der Waals surface area contributed by atoms with E-state index in [1.54, 1.807) is 0 Å². The summed E-state index contributed by atoms with van der Waals surface area (Å²) < 4.78 is 0. The van der Waals surface area contributed by atoms with Gasteiger partial charge in [0.1, 0.15) is 0 Å². The van der Waals surface area contributed by atoms with E-state index in [2.05, 4.69) is 30.3 Å². The predicted molar refractivity (Wildman–Crippen MR) is 62.5 cm³/mol. The summed E-state index contributed by atoms with van der Waals surface area (Å²) in [7, 11) is 2.10. The highest BCUT2D eigenvalue weighted by Crippen LogP contribution is 2.18. The Morgan fingerprint density at radius 1 is 1.40 bits per heavy atom. The molecule has 86 valence electrons. The van der Waals surface area contributed by atoms with Gasteiger partial charge in [0.05, 0.1) is 12.0 Å². The van der Waals surface area contributed by atoms with Gasteiger partial charge in [-0.2, -0.15) is 5.26 Å². The third kappa shape index (κ3) is 5.76. The summed E-state index contributed by atoms with van der Waals surface area (Å²) in [6, 6.07) is 3.07. The number of nitrogens with one attached hydrogen (secondary N) is 1. The van der Waals surface area contributed by atoms with Crippen LogP contribution in [0.1, 0.15) is 26.7 Å². The molecule has 3 nitrogen and oxygen atoms in total. The Labute approximate surface area is 93.5 Å². The Hall–Kier alpha value is -0.590. The Morgan fingerprint density at radius 3 is 2.60 bits per heavy atom. The lowest BCUT2D eigenvalue weighted by molar-refractivity contribution is 0.264. The van der Waals surface area contributed by atoms with Crippen molar-refractivity contribution in [3.8, 4) is 6.07 Å². The van der Waals surface area contributed by atoms with E-state index >= 15 is 0 Å². The highest BCUT2D eigenvalue weighted by Gasteiger charge is 2.21. The second kappa shape index (κ2) is 6.09. The fourth-order valence-electron chi connectivity index (χ4n) is 1.83. The zero-order valence-corrected chi connectivity index (χ0v) is 10.2. The molecule has 0 radical (unpaired) electrons. The summed E-state index contributed by atoms with van der Waals surface area (Å²) in [4.78, 5) is 2.26. The monoisotopic (exact) mass is 209 g/mol. The van der Waals surface area contributed by atoms with Crippen LogP contribution in [0, 0.1) is 23.2 Å². The maximum atomic E-state index is 8.71. The van der Waals surface area contributed by atoms with Crippen LogP contribution in [-0.2, 0) is 0 Å². The average molecular weight is 209 g/mol. The van der Waals surface area contributed by atoms with E-state index in [0.29, 0.717) is 5.92 Å². The first-order valence-corrected chi connectivity index (χ1v) is 5.93. The highest BCUT2D eigenvalue weighted by atomic mass is 15.1. The first kappa shape index (κ1) is 12.5. The smallest absolute Gasteiger partial charge is 0.0666 e. The molecule has 0 aliphatic heterocycles. The van der Waals surface area contributed by atoms with Crippen LogP contribution < -0.4 is 5.32 Å². The van der Waals surface area contributed by atoms with Gasteiger partial charge < -0.3 is 10.2 Å². The van der Waals surface area contributed by atoms with Crippen molar-refractivity contribution in [2.45, 2.75) is 32.7 Å². The second-order valence-electron chi connectivity index (χ2n) is 5.04. The van der Waals surface area contributed by atoms with Crippen LogP contribution in [0.4, 0.5) is 0 Å². The fraction of sp³-hybridized carbons (Fsp3) is 0.917. The minimum Gasteiger partial charge on any atom is -0.314 e. The van der Waals surface area contributed by atoms with Crippen LogP contribution in [0.15, 0.2) is 0 Å². The average Bonchev–Trinajstić information content (AvgIpc) is 2.97. The summed E-state index contributed by atoms with van der Waals surface area (Å²) in [6.45, 7) is 7.30. The van der Waals surface area contributed by atoms with Crippen molar-refractivity contribution in [1.29, 1.82) is 5.26 Å². The molecule has 1 rings (SSSR count). The molecule has 0 amide bonds. The Morgan fingerprint density at radius 2 is 2.07 bits per heavy atom. The van der Waals surface area contributed by atoms with Crippen molar-refractivity contribution in [1.82, 2.24) is 10.2 Å². The van der Waals surface area contributed by atoms with E-state index in [4.69, 9.17) is 5.26 Å². The Bertz CT molecular complexity index is 217. The van der Waals surface area contributed by atoms with E-state index in [1.165, 1.54) is 12.8 Å². The van der Waals surface area contributed by atoms with Crippen molar-refractivity contribution >= 4 is 0 Å². The molecule has 1 fully saturated rings. The quantitative estimate of drug-likeness (QED) is 0.690. The van der Waals surface area contributed by atoms with Crippen LogP contribution >= 0.6 is 0 Å². The van der Waals surface area contributed by atoms with Gasteiger partial charge in [0.2, 0.25) is 0 Å². The summed E-state index contributed by atoms with van der Waals surface area (Å²) in [5.41, 5.74) is 0. The number of nitrogens with zero attached hydrogens (tertiary/aromatic N) is 2. The molecule has 2 atom stereocenters. The van der Waals surface area contributed by atoms with Crippen molar-refractivity contribution in [2.24, 2.45) is 11.8 Å². The van der Waals surface area contributed by atoms with E-state index in [9.17, 15) is 0 Å². The van der Waals surface area contributed by atoms with Gasteiger partial charge >= 0.3 is 0 Å². The van der Waals surface area contributed by atoms with E-state index < -0.39 is 0 Å². The number of rotatable bonds is 7. The molecule has 0 bridgehead atoms. The predicted octanol–water partition coefficient (Wildman–Crippen LogP) is 1.47. The highest BCUT2D eigenvalue weighted by molar-refractivity contribution is 4.83. The lowest BCUT2D eigenvalue weighted by atomic mass is 10.1. The van der Waals surface area contributed by atoms with Crippen LogP contribution in [0.3, 0.4) is 0 Å². The van der Waals surface area contributed by atoms with Crippen LogP contribution in [-0.4, -0.2) is 37.6 Å². The third-order valence-electron chi connectivity index (χ3n) is 2.76. The normalized spacial score (nSPS) is 19.9. The minimum atomic E-state index is 0.138. The van der Waals surface area contributed by atoms with Crippen molar-refractivity contribution in [2.75, 3.05) is 26.7 Å². The van der Waals surface area contributed by atoms with Gasteiger partial charge in [-0.25, -0.2) is 0 Å². The molecule has 0 aromatic heterocycles. The number of hydrogen-bond acceptors (Lipinski definition) is 3. The molecule has 0 aromatic rings. The van der Waals surface area contributed by atoms with E-state index in [0.717, 1.165) is 25.7 Å². The second-order valence-corrected chi connectivity index (χ2v) is 5.04. The van der Waals surface area contributed by atoms with Crippen molar-refractivity contribution < 1.29 is 0 Å². The summed E-state index contributed by atoms with van der Waals surface area (Å²) in [5, 5.41) is 12.3. The van der Waals surface area contributed by atoms with Crippen LogP contribution in [0.5, 0.6) is 0 Å². The van der Waals surface area contributed by atoms with E-state index in [1.807, 2.05) is 6.92 Å². The molecule has 1 aliphatic carbocycles. The molecular weight excluding hydrogens is 186 g/mol. The fourth-order valence-corrected chi connectivity index (χ4v) is 1.83. The topological polar surface area (TPSA) is 39.1 Å². The lowest BCUT2D eigenvalue weighted by Gasteiger charge is -2.22. The zero-order valence-electron chi connectivity index (χ0n) is 10.2. The number of hydrogen-bond donors (Lipinski definition) is 1. The van der Waals surface area contributed by atoms with Gasteiger partial charge in [-0.15, -0.1) is 0 Å². The van der Waals surface area contributed by atoms with Crippen molar-refractivity contribution in [3.63, 3.8) is 0 Å².